The van der Waals surface area contributed by atoms with Crippen molar-refractivity contribution < 1.29 is 19.2 Å². The summed E-state index contributed by atoms with van der Waals surface area (Å²) in [4.78, 5) is 54.3. The van der Waals surface area contributed by atoms with Crippen LogP contribution in [-0.2, 0) is 22.7 Å². The van der Waals surface area contributed by atoms with Crippen molar-refractivity contribution in [2.45, 2.75) is 32.0 Å². The minimum atomic E-state index is -0.610. The lowest BCUT2D eigenvalue weighted by Gasteiger charge is -2.24. The second kappa shape index (κ2) is 11.4. The molecule has 4 aromatic rings. The van der Waals surface area contributed by atoms with Crippen molar-refractivity contribution in [3.05, 3.63) is 105 Å². The monoisotopic (exact) mass is 602 g/mol. The fraction of sp³-hybridized carbons (Fsp3) is 0.200. The number of fused-ring (bicyclic) bond motifs is 1. The Hall–Kier alpha value is -4.54. The van der Waals surface area contributed by atoms with Crippen molar-refractivity contribution in [2.75, 3.05) is 11.4 Å². The van der Waals surface area contributed by atoms with Crippen LogP contribution in [0, 0.1) is 0 Å². The predicted molar refractivity (Wildman–Crippen MR) is 156 cm³/mol. The maximum absolute atomic E-state index is 13.2. The molecule has 2 aliphatic heterocycles. The van der Waals surface area contributed by atoms with Gasteiger partial charge in [0.25, 0.3) is 17.6 Å². The molecule has 1 saturated heterocycles. The standard InChI is InChI=1S/C30H24Cl2N6O4/c31-22-12-11-18(14-23(22)32)29(41)36-13-5-10-26(36)28(40)33-15-19-6-1-3-8-24(19)38-17-20(34-35-38)16-37-25-9-4-2-7-21(25)27(39)30(37)42/h1-4,6-9,11-12,14,17,26H,5,10,13,15-16H2,(H,33,40). The number of hydrogen-bond acceptors (Lipinski definition) is 6. The van der Waals surface area contributed by atoms with Crippen LogP contribution < -0.4 is 10.2 Å². The van der Waals surface area contributed by atoms with Gasteiger partial charge in [-0.15, -0.1) is 5.10 Å². The predicted octanol–water partition coefficient (Wildman–Crippen LogP) is 4.22. The van der Waals surface area contributed by atoms with Crippen molar-refractivity contribution in [3.63, 3.8) is 0 Å². The van der Waals surface area contributed by atoms with Gasteiger partial charge in [-0.1, -0.05) is 58.7 Å². The van der Waals surface area contributed by atoms with Crippen molar-refractivity contribution >= 4 is 52.4 Å². The van der Waals surface area contributed by atoms with Crippen LogP contribution in [0.25, 0.3) is 5.69 Å². The van der Waals surface area contributed by atoms with E-state index >= 15 is 0 Å². The molecule has 1 atom stereocenters. The van der Waals surface area contributed by atoms with E-state index in [4.69, 9.17) is 23.2 Å². The number of benzene rings is 3. The number of carbonyl (C=O) groups excluding carboxylic acids is 4. The van der Waals surface area contributed by atoms with Gasteiger partial charge in [0.1, 0.15) is 11.7 Å². The second-order valence-electron chi connectivity index (χ2n) is 10.0. The quantitative estimate of drug-likeness (QED) is 0.316. The van der Waals surface area contributed by atoms with E-state index in [1.165, 1.54) is 11.0 Å². The van der Waals surface area contributed by atoms with Gasteiger partial charge in [0.05, 0.1) is 39.7 Å². The van der Waals surface area contributed by atoms with Gasteiger partial charge in [-0.25, -0.2) is 4.68 Å². The number of ketones is 1. The van der Waals surface area contributed by atoms with Crippen LogP contribution in [0.4, 0.5) is 5.69 Å². The van der Waals surface area contributed by atoms with E-state index in [0.29, 0.717) is 52.6 Å². The number of nitrogens with one attached hydrogen (secondary N) is 1. The molecule has 2 aliphatic rings. The zero-order chi connectivity index (χ0) is 29.4. The summed E-state index contributed by atoms with van der Waals surface area (Å²) in [6.07, 6.45) is 2.95. The number of likely N-dealkylation sites (tertiary alicyclic amines) is 1. The number of rotatable bonds is 7. The Morgan fingerprint density at radius 3 is 2.52 bits per heavy atom. The summed E-state index contributed by atoms with van der Waals surface area (Å²) in [5.41, 5.74) is 3.25. The summed E-state index contributed by atoms with van der Waals surface area (Å²) >= 11 is 12.1. The van der Waals surface area contributed by atoms with Crippen LogP contribution in [0.2, 0.25) is 10.0 Å². The highest BCUT2D eigenvalue weighted by Gasteiger charge is 2.36. The second-order valence-corrected chi connectivity index (χ2v) is 10.8. The first-order chi connectivity index (χ1) is 20.3. The molecule has 0 radical (unpaired) electrons. The van der Waals surface area contributed by atoms with Crippen molar-refractivity contribution in [1.82, 2.24) is 25.2 Å². The molecular weight excluding hydrogens is 579 g/mol. The fourth-order valence-electron chi connectivity index (χ4n) is 5.32. The minimum Gasteiger partial charge on any atom is -0.350 e. The molecule has 1 fully saturated rings. The van der Waals surface area contributed by atoms with Crippen molar-refractivity contribution in [2.24, 2.45) is 0 Å². The molecule has 212 valence electrons. The van der Waals surface area contributed by atoms with E-state index in [2.05, 4.69) is 15.6 Å². The number of para-hydroxylation sites is 2. The Morgan fingerprint density at radius 1 is 0.952 bits per heavy atom. The molecule has 1 aromatic heterocycles. The summed E-state index contributed by atoms with van der Waals surface area (Å²) < 4.78 is 1.57. The van der Waals surface area contributed by atoms with Crippen LogP contribution >= 0.6 is 23.2 Å². The van der Waals surface area contributed by atoms with Crippen LogP contribution in [0.15, 0.2) is 72.9 Å². The van der Waals surface area contributed by atoms with Gasteiger partial charge < -0.3 is 10.2 Å². The minimum absolute atomic E-state index is 0.0882. The molecule has 10 nitrogen and oxygen atoms in total. The Kier molecular flexibility index (Phi) is 7.49. The van der Waals surface area contributed by atoms with E-state index < -0.39 is 17.7 Å². The third kappa shape index (κ3) is 5.15. The lowest BCUT2D eigenvalue weighted by atomic mass is 10.1. The van der Waals surface area contributed by atoms with Crippen molar-refractivity contribution in [3.8, 4) is 5.69 Å². The van der Waals surface area contributed by atoms with Gasteiger partial charge in [0.2, 0.25) is 5.91 Å². The topological polar surface area (TPSA) is 118 Å². The molecule has 12 heteroatoms. The van der Waals surface area contributed by atoms with Gasteiger partial charge in [0.15, 0.2) is 0 Å². The lowest BCUT2D eigenvalue weighted by molar-refractivity contribution is -0.125. The van der Waals surface area contributed by atoms with Crippen LogP contribution in [0.1, 0.15) is 44.8 Å². The molecule has 1 N–H and O–H groups in total. The van der Waals surface area contributed by atoms with Crippen LogP contribution in [-0.4, -0.2) is 56.0 Å². The Morgan fingerprint density at radius 2 is 1.71 bits per heavy atom. The third-order valence-electron chi connectivity index (χ3n) is 7.41. The number of Topliss-reactive ketones (excluding diaryl/α,β-unsaturated/α-hetero) is 1. The summed E-state index contributed by atoms with van der Waals surface area (Å²) in [6, 6.07) is 18.3. The molecule has 0 spiro atoms. The molecular formula is C30H24Cl2N6O4. The third-order valence-corrected chi connectivity index (χ3v) is 8.15. The summed E-state index contributed by atoms with van der Waals surface area (Å²) in [6.45, 7) is 0.748. The summed E-state index contributed by atoms with van der Waals surface area (Å²) in [5, 5.41) is 12.0. The van der Waals surface area contributed by atoms with Crippen LogP contribution in [0.3, 0.4) is 0 Å². The van der Waals surface area contributed by atoms with Gasteiger partial charge in [0, 0.05) is 18.7 Å². The molecule has 0 aliphatic carbocycles. The van der Waals surface area contributed by atoms with E-state index in [1.807, 2.05) is 24.3 Å². The van der Waals surface area contributed by atoms with Gasteiger partial charge in [-0.05, 0) is 54.8 Å². The Balaban J connectivity index is 1.14. The van der Waals surface area contributed by atoms with Gasteiger partial charge in [-0.3, -0.25) is 24.1 Å². The average Bonchev–Trinajstić information content (AvgIpc) is 3.74. The molecule has 42 heavy (non-hydrogen) atoms. The fourth-order valence-corrected chi connectivity index (χ4v) is 5.62. The summed E-state index contributed by atoms with van der Waals surface area (Å²) in [5.74, 6) is -1.68. The van der Waals surface area contributed by atoms with E-state index in [-0.39, 0.29) is 29.9 Å². The van der Waals surface area contributed by atoms with E-state index in [1.54, 1.807) is 52.2 Å². The molecule has 1 unspecified atom stereocenters. The van der Waals surface area contributed by atoms with Crippen LogP contribution in [0.5, 0.6) is 0 Å². The first kappa shape index (κ1) is 27.6. The van der Waals surface area contributed by atoms with Gasteiger partial charge >= 0.3 is 0 Å². The van der Waals surface area contributed by atoms with E-state index in [9.17, 15) is 19.2 Å². The van der Waals surface area contributed by atoms with Crippen molar-refractivity contribution in [1.29, 1.82) is 0 Å². The SMILES string of the molecule is O=C1C(=O)N(Cc2cn(-c3ccccc3CNC(=O)C3CCCN3C(=O)c3ccc(Cl)c(Cl)c3)nn2)c2ccccc21. The first-order valence-electron chi connectivity index (χ1n) is 13.3. The smallest absolute Gasteiger partial charge is 0.299 e. The number of nitrogens with zero attached hydrogens (tertiary/aromatic N) is 5. The Labute approximate surface area is 250 Å². The largest absolute Gasteiger partial charge is 0.350 e. The normalized spacial score (nSPS) is 16.2. The highest BCUT2D eigenvalue weighted by molar-refractivity contribution is 6.52. The maximum atomic E-state index is 13.2. The number of aromatic nitrogens is 3. The highest BCUT2D eigenvalue weighted by atomic mass is 35.5. The maximum Gasteiger partial charge on any atom is 0.299 e. The zero-order valence-corrected chi connectivity index (χ0v) is 23.7. The Bertz CT molecular complexity index is 1740. The number of amides is 3. The van der Waals surface area contributed by atoms with Gasteiger partial charge in [-0.2, -0.15) is 0 Å². The summed E-state index contributed by atoms with van der Waals surface area (Å²) in [7, 11) is 0. The molecule has 3 heterocycles. The van der Waals surface area contributed by atoms with E-state index in [0.717, 1.165) is 5.56 Å². The lowest BCUT2D eigenvalue weighted by Crippen LogP contribution is -2.45. The molecule has 3 amide bonds. The molecule has 6 rings (SSSR count). The number of carbonyl (C=O) groups is 4. The first-order valence-corrected chi connectivity index (χ1v) is 14.1. The number of anilines is 1. The molecule has 0 bridgehead atoms. The number of hydrogen-bond donors (Lipinski definition) is 1. The molecule has 0 saturated carbocycles. The average molecular weight is 603 g/mol. The highest BCUT2D eigenvalue weighted by Crippen LogP contribution is 2.30. The zero-order valence-electron chi connectivity index (χ0n) is 22.2. The molecule has 3 aromatic carbocycles. The number of halogens is 2.